The van der Waals surface area contributed by atoms with Gasteiger partial charge < -0.3 is 14.4 Å². The van der Waals surface area contributed by atoms with Crippen LogP contribution in [-0.2, 0) is 14.3 Å². The molecule has 3 rings (SSSR count). The molecule has 0 aromatic heterocycles. The standard InChI is InChI=1S/C15H19NO3/c17-15(13-7-4-9-18-13)16-8-10-19-14(11-16)12-5-2-1-3-6-12/h1-3,5-6,13-14H,4,7-11H2/t13-,14+/m0/s1. The first-order valence-corrected chi connectivity index (χ1v) is 6.91. The summed E-state index contributed by atoms with van der Waals surface area (Å²) in [7, 11) is 0. The third kappa shape index (κ3) is 2.80. The van der Waals surface area contributed by atoms with E-state index in [1.54, 1.807) is 0 Å². The fourth-order valence-corrected chi connectivity index (χ4v) is 2.69. The number of morpholine rings is 1. The van der Waals surface area contributed by atoms with Gasteiger partial charge in [0, 0.05) is 13.2 Å². The molecule has 2 heterocycles. The Morgan fingerprint density at radius 3 is 2.74 bits per heavy atom. The summed E-state index contributed by atoms with van der Waals surface area (Å²) in [5, 5.41) is 0. The third-order valence-electron chi connectivity index (χ3n) is 3.75. The molecule has 0 spiro atoms. The number of ether oxygens (including phenoxy) is 2. The predicted octanol–water partition coefficient (Wildman–Crippen LogP) is 1.77. The molecular weight excluding hydrogens is 242 g/mol. The summed E-state index contributed by atoms with van der Waals surface area (Å²) in [5.41, 5.74) is 1.13. The van der Waals surface area contributed by atoms with E-state index in [0.29, 0.717) is 26.3 Å². The summed E-state index contributed by atoms with van der Waals surface area (Å²) in [6, 6.07) is 10.1. The molecule has 4 nitrogen and oxygen atoms in total. The molecule has 19 heavy (non-hydrogen) atoms. The second-order valence-corrected chi connectivity index (χ2v) is 5.06. The molecule has 0 aliphatic carbocycles. The fraction of sp³-hybridized carbons (Fsp3) is 0.533. The lowest BCUT2D eigenvalue weighted by Gasteiger charge is -2.34. The van der Waals surface area contributed by atoms with Crippen molar-refractivity contribution < 1.29 is 14.3 Å². The van der Waals surface area contributed by atoms with E-state index in [1.165, 1.54) is 0 Å². The van der Waals surface area contributed by atoms with Crippen molar-refractivity contribution in [2.24, 2.45) is 0 Å². The van der Waals surface area contributed by atoms with Gasteiger partial charge >= 0.3 is 0 Å². The quantitative estimate of drug-likeness (QED) is 0.814. The second-order valence-electron chi connectivity index (χ2n) is 5.06. The Labute approximate surface area is 113 Å². The highest BCUT2D eigenvalue weighted by atomic mass is 16.5. The van der Waals surface area contributed by atoms with Gasteiger partial charge in [0.05, 0.1) is 13.2 Å². The molecule has 2 saturated heterocycles. The van der Waals surface area contributed by atoms with Crippen LogP contribution in [0.1, 0.15) is 24.5 Å². The van der Waals surface area contributed by atoms with Gasteiger partial charge in [-0.25, -0.2) is 0 Å². The van der Waals surface area contributed by atoms with Gasteiger partial charge in [0.2, 0.25) is 0 Å². The Bertz CT molecular complexity index is 428. The van der Waals surface area contributed by atoms with Crippen molar-refractivity contribution >= 4 is 5.91 Å². The van der Waals surface area contributed by atoms with E-state index in [2.05, 4.69) is 0 Å². The topological polar surface area (TPSA) is 38.8 Å². The first-order chi connectivity index (χ1) is 9.34. The number of carbonyl (C=O) groups excluding carboxylic acids is 1. The predicted molar refractivity (Wildman–Crippen MR) is 70.7 cm³/mol. The summed E-state index contributed by atoms with van der Waals surface area (Å²) >= 11 is 0. The zero-order valence-corrected chi connectivity index (χ0v) is 11.0. The van der Waals surface area contributed by atoms with E-state index in [-0.39, 0.29) is 18.1 Å². The molecule has 0 bridgehead atoms. The van der Waals surface area contributed by atoms with Gasteiger partial charge in [0.1, 0.15) is 12.2 Å². The van der Waals surface area contributed by atoms with Crippen LogP contribution in [0.15, 0.2) is 30.3 Å². The van der Waals surface area contributed by atoms with Crippen LogP contribution in [0.2, 0.25) is 0 Å². The molecule has 0 radical (unpaired) electrons. The molecule has 2 aliphatic heterocycles. The number of rotatable bonds is 2. The van der Waals surface area contributed by atoms with E-state index in [1.807, 2.05) is 35.2 Å². The molecule has 0 unspecified atom stereocenters. The normalized spacial score (nSPS) is 27.5. The van der Waals surface area contributed by atoms with Gasteiger partial charge in [0.15, 0.2) is 0 Å². The largest absolute Gasteiger partial charge is 0.370 e. The van der Waals surface area contributed by atoms with Crippen LogP contribution in [0, 0.1) is 0 Å². The van der Waals surface area contributed by atoms with Crippen molar-refractivity contribution in [2.75, 3.05) is 26.3 Å². The minimum atomic E-state index is -0.227. The summed E-state index contributed by atoms with van der Waals surface area (Å²) in [5.74, 6) is 0.127. The van der Waals surface area contributed by atoms with Gasteiger partial charge in [-0.3, -0.25) is 4.79 Å². The van der Waals surface area contributed by atoms with Gasteiger partial charge in [-0.2, -0.15) is 0 Å². The highest BCUT2D eigenvalue weighted by molar-refractivity contribution is 5.81. The molecule has 4 heteroatoms. The molecular formula is C15H19NO3. The molecule has 0 N–H and O–H groups in total. The Hall–Kier alpha value is -1.39. The molecule has 2 fully saturated rings. The van der Waals surface area contributed by atoms with Crippen molar-refractivity contribution in [1.82, 2.24) is 4.90 Å². The minimum absolute atomic E-state index is 0.0136. The minimum Gasteiger partial charge on any atom is -0.370 e. The lowest BCUT2D eigenvalue weighted by Crippen LogP contribution is -2.46. The summed E-state index contributed by atoms with van der Waals surface area (Å²) in [4.78, 5) is 14.2. The molecule has 1 aromatic rings. The van der Waals surface area contributed by atoms with E-state index in [0.717, 1.165) is 18.4 Å². The van der Waals surface area contributed by atoms with Crippen molar-refractivity contribution in [2.45, 2.75) is 25.0 Å². The number of benzene rings is 1. The second kappa shape index (κ2) is 5.72. The molecule has 1 amide bonds. The number of carbonyl (C=O) groups is 1. The molecule has 0 saturated carbocycles. The van der Waals surface area contributed by atoms with Gasteiger partial charge in [-0.1, -0.05) is 30.3 Å². The van der Waals surface area contributed by atoms with Crippen LogP contribution in [-0.4, -0.2) is 43.2 Å². The highest BCUT2D eigenvalue weighted by Gasteiger charge is 2.32. The van der Waals surface area contributed by atoms with Crippen LogP contribution in [0.4, 0.5) is 0 Å². The highest BCUT2D eigenvalue weighted by Crippen LogP contribution is 2.24. The van der Waals surface area contributed by atoms with Crippen LogP contribution >= 0.6 is 0 Å². The van der Waals surface area contributed by atoms with E-state index >= 15 is 0 Å². The van der Waals surface area contributed by atoms with Crippen molar-refractivity contribution in [3.05, 3.63) is 35.9 Å². The fourth-order valence-electron chi connectivity index (χ4n) is 2.69. The Kier molecular flexibility index (Phi) is 3.80. The van der Waals surface area contributed by atoms with Crippen molar-refractivity contribution in [3.8, 4) is 0 Å². The van der Waals surface area contributed by atoms with Crippen molar-refractivity contribution in [1.29, 1.82) is 0 Å². The van der Waals surface area contributed by atoms with E-state index < -0.39 is 0 Å². The molecule has 2 atom stereocenters. The zero-order chi connectivity index (χ0) is 13.1. The van der Waals surface area contributed by atoms with Crippen LogP contribution in [0.3, 0.4) is 0 Å². The average molecular weight is 261 g/mol. The van der Waals surface area contributed by atoms with Crippen LogP contribution in [0.5, 0.6) is 0 Å². The Morgan fingerprint density at radius 1 is 1.16 bits per heavy atom. The van der Waals surface area contributed by atoms with Crippen LogP contribution in [0.25, 0.3) is 0 Å². The zero-order valence-electron chi connectivity index (χ0n) is 11.0. The number of nitrogens with zero attached hydrogens (tertiary/aromatic N) is 1. The summed E-state index contributed by atoms with van der Waals surface area (Å²) in [6.45, 7) is 2.60. The first-order valence-electron chi connectivity index (χ1n) is 6.91. The monoisotopic (exact) mass is 261 g/mol. The summed E-state index contributed by atoms with van der Waals surface area (Å²) < 4.78 is 11.2. The van der Waals surface area contributed by atoms with E-state index in [4.69, 9.17) is 9.47 Å². The van der Waals surface area contributed by atoms with Gasteiger partial charge in [-0.05, 0) is 18.4 Å². The third-order valence-corrected chi connectivity index (χ3v) is 3.75. The first kappa shape index (κ1) is 12.6. The smallest absolute Gasteiger partial charge is 0.251 e. The SMILES string of the molecule is O=C([C@@H]1CCCO1)N1CCO[C@@H](c2ccccc2)C1. The number of hydrogen-bond donors (Lipinski definition) is 0. The maximum absolute atomic E-state index is 12.3. The van der Waals surface area contributed by atoms with E-state index in [9.17, 15) is 4.79 Å². The number of amides is 1. The lowest BCUT2D eigenvalue weighted by molar-refractivity contribution is -0.148. The molecule has 102 valence electrons. The van der Waals surface area contributed by atoms with Crippen molar-refractivity contribution in [3.63, 3.8) is 0 Å². The average Bonchev–Trinajstić information content (AvgIpc) is 3.02. The lowest BCUT2D eigenvalue weighted by atomic mass is 10.1. The Balaban J connectivity index is 1.66. The number of hydrogen-bond acceptors (Lipinski definition) is 3. The molecule has 2 aliphatic rings. The summed E-state index contributed by atoms with van der Waals surface area (Å²) in [6.07, 6.45) is 1.60. The Morgan fingerprint density at radius 2 is 2.00 bits per heavy atom. The van der Waals surface area contributed by atoms with Gasteiger partial charge in [0.25, 0.3) is 5.91 Å². The van der Waals surface area contributed by atoms with Gasteiger partial charge in [-0.15, -0.1) is 0 Å². The maximum atomic E-state index is 12.3. The molecule has 1 aromatic carbocycles. The maximum Gasteiger partial charge on any atom is 0.251 e. The van der Waals surface area contributed by atoms with Crippen LogP contribution < -0.4 is 0 Å².